The Morgan fingerprint density at radius 2 is 1.93 bits per heavy atom. The van der Waals surface area contributed by atoms with E-state index in [1.54, 1.807) is 17.1 Å². The fourth-order valence-electron chi connectivity index (χ4n) is 3.35. The number of carbonyl (C=O) groups is 1. The molecule has 0 bridgehead atoms. The Kier molecular flexibility index (Phi) is 3.97. The van der Waals surface area contributed by atoms with Gasteiger partial charge in [0.2, 0.25) is 5.95 Å². The van der Waals surface area contributed by atoms with E-state index in [1.165, 1.54) is 11.1 Å². The summed E-state index contributed by atoms with van der Waals surface area (Å²) in [4.78, 5) is 28.2. The van der Waals surface area contributed by atoms with E-state index < -0.39 is 5.95 Å². The fourth-order valence-corrected chi connectivity index (χ4v) is 3.35. The number of ether oxygens (including phenoxy) is 1. The average Bonchev–Trinajstić information content (AvgIpc) is 3.28. The van der Waals surface area contributed by atoms with E-state index in [2.05, 4.69) is 25.0 Å². The second-order valence-electron chi connectivity index (χ2n) is 6.50. The molecule has 9 nitrogen and oxygen atoms in total. The molecule has 0 aliphatic carbocycles. The molecule has 1 saturated heterocycles. The lowest BCUT2D eigenvalue weighted by Crippen LogP contribution is -2.36. The zero-order valence-corrected chi connectivity index (χ0v) is 14.8. The second kappa shape index (κ2) is 6.64. The first kappa shape index (κ1) is 16.8. The fraction of sp³-hybridized carbons (Fsp3) is 0.278. The summed E-state index contributed by atoms with van der Waals surface area (Å²) in [6.45, 7) is 3.25. The molecule has 0 atom stereocenters. The van der Waals surface area contributed by atoms with Gasteiger partial charge in [0.15, 0.2) is 5.82 Å². The van der Waals surface area contributed by atoms with Crippen LogP contribution in [-0.2, 0) is 11.3 Å². The Bertz CT molecular complexity index is 1030. The van der Waals surface area contributed by atoms with Gasteiger partial charge in [0.25, 0.3) is 5.91 Å². The molecule has 28 heavy (non-hydrogen) atoms. The summed E-state index contributed by atoms with van der Waals surface area (Å²) in [6.07, 6.45) is 5.75. The maximum Gasteiger partial charge on any atom is 0.263 e. The topological polar surface area (TPSA) is 89.3 Å². The first-order valence-corrected chi connectivity index (χ1v) is 8.86. The van der Waals surface area contributed by atoms with Crippen molar-refractivity contribution in [1.29, 1.82) is 0 Å². The Morgan fingerprint density at radius 3 is 2.64 bits per heavy atom. The predicted molar refractivity (Wildman–Crippen MR) is 96.9 cm³/mol. The van der Waals surface area contributed by atoms with E-state index in [0.717, 1.165) is 30.8 Å². The van der Waals surface area contributed by atoms with Crippen LogP contribution in [0.2, 0.25) is 0 Å². The Morgan fingerprint density at radius 1 is 1.07 bits per heavy atom. The third-order valence-corrected chi connectivity index (χ3v) is 4.78. The van der Waals surface area contributed by atoms with Crippen molar-refractivity contribution >= 4 is 17.5 Å². The second-order valence-corrected chi connectivity index (χ2v) is 6.50. The van der Waals surface area contributed by atoms with Crippen LogP contribution >= 0.6 is 0 Å². The zero-order valence-electron chi connectivity index (χ0n) is 14.8. The summed E-state index contributed by atoms with van der Waals surface area (Å²) in [5.41, 5.74) is 1.83. The van der Waals surface area contributed by atoms with Gasteiger partial charge in [0.1, 0.15) is 5.82 Å². The van der Waals surface area contributed by atoms with Crippen molar-refractivity contribution in [3.8, 4) is 5.69 Å². The summed E-state index contributed by atoms with van der Waals surface area (Å²) in [5, 5.41) is 4.49. The van der Waals surface area contributed by atoms with Crippen molar-refractivity contribution in [3.05, 3.63) is 54.1 Å². The van der Waals surface area contributed by atoms with Crippen LogP contribution < -0.4 is 9.80 Å². The van der Waals surface area contributed by atoms with Crippen LogP contribution in [0.4, 0.5) is 16.0 Å². The van der Waals surface area contributed by atoms with Gasteiger partial charge < -0.3 is 9.64 Å². The predicted octanol–water partition coefficient (Wildman–Crippen LogP) is 1.19. The number of hydrogen-bond donors (Lipinski definition) is 0. The summed E-state index contributed by atoms with van der Waals surface area (Å²) in [7, 11) is 0. The van der Waals surface area contributed by atoms with Crippen LogP contribution in [0.1, 0.15) is 16.1 Å². The molecular weight excluding hydrogens is 365 g/mol. The highest BCUT2D eigenvalue weighted by atomic mass is 19.1. The molecule has 2 aliphatic rings. The summed E-state index contributed by atoms with van der Waals surface area (Å²) >= 11 is 0. The number of halogens is 1. The zero-order chi connectivity index (χ0) is 19.1. The number of hydrogen-bond acceptors (Lipinski definition) is 7. The van der Waals surface area contributed by atoms with E-state index in [1.807, 2.05) is 12.1 Å². The van der Waals surface area contributed by atoms with Gasteiger partial charge in [-0.1, -0.05) is 0 Å². The van der Waals surface area contributed by atoms with E-state index >= 15 is 0 Å². The molecule has 3 aromatic rings. The monoisotopic (exact) mass is 381 g/mol. The molecule has 0 radical (unpaired) electrons. The number of carbonyl (C=O) groups excluding carboxylic acids is 1. The maximum absolute atomic E-state index is 13.3. The van der Waals surface area contributed by atoms with Crippen molar-refractivity contribution in [1.82, 2.24) is 24.7 Å². The number of nitrogens with zero attached hydrogens (tertiary/aromatic N) is 7. The van der Waals surface area contributed by atoms with E-state index in [4.69, 9.17) is 4.74 Å². The lowest BCUT2D eigenvalue weighted by atomic mass is 10.3. The minimum atomic E-state index is -0.730. The van der Waals surface area contributed by atoms with Gasteiger partial charge in [0, 0.05) is 19.3 Å². The quantitative estimate of drug-likeness (QED) is 0.673. The molecule has 5 rings (SSSR count). The highest BCUT2D eigenvalue weighted by Crippen LogP contribution is 2.27. The smallest absolute Gasteiger partial charge is 0.263 e. The molecular formula is C18H16FN7O2. The van der Waals surface area contributed by atoms with Crippen LogP contribution in [0.3, 0.4) is 0 Å². The van der Waals surface area contributed by atoms with Gasteiger partial charge in [-0.15, -0.1) is 0 Å². The number of morpholine rings is 1. The number of amides is 1. The molecule has 0 saturated carbocycles. The largest absolute Gasteiger partial charge is 0.378 e. The van der Waals surface area contributed by atoms with Crippen molar-refractivity contribution in [2.24, 2.45) is 0 Å². The molecule has 0 N–H and O–H groups in total. The molecule has 0 unspecified atom stereocenters. The van der Waals surface area contributed by atoms with Crippen LogP contribution in [0, 0.1) is 5.95 Å². The van der Waals surface area contributed by atoms with Gasteiger partial charge in [-0.05, 0) is 12.1 Å². The summed E-state index contributed by atoms with van der Waals surface area (Å²) in [6, 6.07) is 3.85. The first-order chi connectivity index (χ1) is 13.7. The number of rotatable bonds is 3. The van der Waals surface area contributed by atoms with E-state index in [9.17, 15) is 9.18 Å². The Labute approximate surface area is 159 Å². The number of pyridine rings is 1. The average molecular weight is 381 g/mol. The highest BCUT2D eigenvalue weighted by molar-refractivity contribution is 6.09. The van der Waals surface area contributed by atoms with Crippen LogP contribution in [0.15, 0.2) is 36.9 Å². The van der Waals surface area contributed by atoms with Gasteiger partial charge in [-0.3, -0.25) is 14.7 Å². The lowest BCUT2D eigenvalue weighted by molar-refractivity contribution is 0.0995. The van der Waals surface area contributed by atoms with Crippen molar-refractivity contribution < 1.29 is 13.9 Å². The van der Waals surface area contributed by atoms with Crippen molar-refractivity contribution in [2.45, 2.75) is 6.54 Å². The van der Waals surface area contributed by atoms with Gasteiger partial charge in [0.05, 0.1) is 55.3 Å². The van der Waals surface area contributed by atoms with Crippen LogP contribution in [0.25, 0.3) is 5.69 Å². The molecule has 3 aromatic heterocycles. The summed E-state index contributed by atoms with van der Waals surface area (Å²) < 4.78 is 20.3. The molecule has 0 spiro atoms. The molecule has 142 valence electrons. The van der Waals surface area contributed by atoms with Gasteiger partial charge in [-0.2, -0.15) is 14.5 Å². The Hall–Kier alpha value is -3.40. The van der Waals surface area contributed by atoms with Crippen LogP contribution in [0.5, 0.6) is 0 Å². The minimum Gasteiger partial charge on any atom is -0.378 e. The van der Waals surface area contributed by atoms with Gasteiger partial charge >= 0.3 is 0 Å². The lowest BCUT2D eigenvalue weighted by Gasteiger charge is -2.27. The third kappa shape index (κ3) is 2.87. The maximum atomic E-state index is 13.3. The molecule has 0 aromatic carbocycles. The molecule has 1 fully saturated rings. The first-order valence-electron chi connectivity index (χ1n) is 8.86. The van der Waals surface area contributed by atoms with E-state index in [-0.39, 0.29) is 18.3 Å². The minimum absolute atomic E-state index is 0.172. The van der Waals surface area contributed by atoms with Crippen LogP contribution in [-0.4, -0.2) is 56.9 Å². The van der Waals surface area contributed by atoms with Crippen molar-refractivity contribution in [2.75, 3.05) is 36.1 Å². The summed E-state index contributed by atoms with van der Waals surface area (Å²) in [5.74, 6) is 0.0511. The highest BCUT2D eigenvalue weighted by Gasteiger charge is 2.33. The molecule has 10 heteroatoms. The van der Waals surface area contributed by atoms with E-state index in [0.29, 0.717) is 24.5 Å². The number of aromatic nitrogens is 5. The Balaban J connectivity index is 1.37. The normalized spacial score (nSPS) is 16.5. The number of fused-ring (bicyclic) bond motifs is 1. The van der Waals surface area contributed by atoms with Crippen molar-refractivity contribution in [3.63, 3.8) is 0 Å². The molecule has 2 aliphatic heterocycles. The molecule has 5 heterocycles. The molecule has 1 amide bonds. The number of anilines is 2. The third-order valence-electron chi connectivity index (χ3n) is 4.78. The van der Waals surface area contributed by atoms with Gasteiger partial charge in [-0.25, -0.2) is 9.67 Å². The standard InChI is InChI=1S/C18H16FN7O2/c19-15-8-20-9-17(22-15)25-11-14-13(18(25)27)10-26(23-14)12-1-2-16(21-7-12)24-3-5-28-6-4-24/h1-2,7-10H,3-6,11H2. The SMILES string of the molecule is O=C1c2cn(-c3ccc(N4CCOCC4)nc3)nc2CN1c1cncc(F)n1.